The molecule has 5 atom stereocenters. The molecule has 0 aromatic rings. The van der Waals surface area contributed by atoms with Gasteiger partial charge < -0.3 is 0 Å². The number of carbonyl (C=O) groups is 1. The molecule has 0 heterocycles. The van der Waals surface area contributed by atoms with Crippen molar-refractivity contribution in [3.05, 3.63) is 23.8 Å². The van der Waals surface area contributed by atoms with Crippen molar-refractivity contribution in [1.29, 1.82) is 0 Å². The maximum Gasteiger partial charge on any atom is 0.155 e. The van der Waals surface area contributed by atoms with E-state index in [1.807, 2.05) is 6.08 Å². The summed E-state index contributed by atoms with van der Waals surface area (Å²) in [5, 5.41) is 0. The average Bonchev–Trinajstić information content (AvgIpc) is 2.91. The molecule has 2 saturated carbocycles. The van der Waals surface area contributed by atoms with Crippen LogP contribution in [-0.2, 0) is 4.79 Å². The average molecular weight is 270 g/mol. The number of rotatable bonds is 1. The highest BCUT2D eigenvalue weighted by atomic mass is 16.1. The minimum Gasteiger partial charge on any atom is -0.295 e. The molecule has 0 spiro atoms. The van der Waals surface area contributed by atoms with Crippen LogP contribution in [0.2, 0.25) is 0 Å². The second-order valence-corrected chi connectivity index (χ2v) is 7.61. The van der Waals surface area contributed by atoms with Crippen molar-refractivity contribution in [3.63, 3.8) is 0 Å². The van der Waals surface area contributed by atoms with Gasteiger partial charge in [0.05, 0.1) is 0 Å². The summed E-state index contributed by atoms with van der Waals surface area (Å²) in [5.41, 5.74) is 2.11. The Morgan fingerprint density at radius 3 is 2.95 bits per heavy atom. The summed E-state index contributed by atoms with van der Waals surface area (Å²) in [6, 6.07) is 0. The zero-order valence-electron chi connectivity index (χ0n) is 12.6. The molecule has 0 bridgehead atoms. The topological polar surface area (TPSA) is 17.1 Å². The zero-order valence-corrected chi connectivity index (χ0v) is 12.6. The van der Waals surface area contributed by atoms with E-state index >= 15 is 0 Å². The third-order valence-corrected chi connectivity index (χ3v) is 7.07. The number of ketones is 1. The third-order valence-electron chi connectivity index (χ3n) is 7.07. The Kier molecular flexibility index (Phi) is 2.94. The summed E-state index contributed by atoms with van der Waals surface area (Å²) >= 11 is 0. The van der Waals surface area contributed by atoms with Crippen molar-refractivity contribution in [3.8, 4) is 0 Å². The molecule has 1 heteroatoms. The van der Waals surface area contributed by atoms with Crippen LogP contribution in [0.1, 0.15) is 58.3 Å². The molecule has 0 radical (unpaired) electrons. The number of allylic oxidation sites excluding steroid dienone is 4. The first-order chi connectivity index (χ1) is 9.73. The molecule has 0 amide bonds. The molecule has 0 unspecified atom stereocenters. The van der Waals surface area contributed by atoms with Crippen LogP contribution >= 0.6 is 0 Å². The van der Waals surface area contributed by atoms with Gasteiger partial charge in [-0.1, -0.05) is 24.6 Å². The SMILES string of the molecule is CC[C@@]12CC=C[C@H]1[C@@H]1CCC3=CC(=O)CC[C@@H]3[C@H]1CC2. The van der Waals surface area contributed by atoms with E-state index in [2.05, 4.69) is 19.1 Å². The third kappa shape index (κ3) is 1.71. The minimum atomic E-state index is 0.383. The fourth-order valence-electron chi connectivity index (χ4n) is 5.99. The standard InChI is InChI=1S/C19H26O/c1-2-19-10-3-4-18(19)17-7-5-13-12-14(20)6-8-15(13)16(17)9-11-19/h3-4,12,15-18H,2,5-11H2,1H3/t15-,16+,17+,18-,19-/m0/s1. The van der Waals surface area contributed by atoms with Crippen LogP contribution in [0.5, 0.6) is 0 Å². The lowest BCUT2D eigenvalue weighted by atomic mass is 9.51. The molecule has 0 aromatic carbocycles. The Hall–Kier alpha value is -0.850. The van der Waals surface area contributed by atoms with Crippen molar-refractivity contribution in [2.75, 3.05) is 0 Å². The van der Waals surface area contributed by atoms with Gasteiger partial charge in [-0.25, -0.2) is 0 Å². The van der Waals surface area contributed by atoms with E-state index in [4.69, 9.17) is 0 Å². The highest BCUT2D eigenvalue weighted by molar-refractivity contribution is 5.91. The van der Waals surface area contributed by atoms with E-state index in [1.165, 1.54) is 44.1 Å². The molecule has 4 aliphatic rings. The second-order valence-electron chi connectivity index (χ2n) is 7.61. The molecular weight excluding hydrogens is 244 g/mol. The van der Waals surface area contributed by atoms with Crippen LogP contribution in [0.3, 0.4) is 0 Å². The van der Waals surface area contributed by atoms with E-state index in [0.29, 0.717) is 11.2 Å². The molecule has 1 nitrogen and oxygen atoms in total. The first kappa shape index (κ1) is 12.9. The van der Waals surface area contributed by atoms with Crippen molar-refractivity contribution in [2.24, 2.45) is 29.1 Å². The van der Waals surface area contributed by atoms with E-state index < -0.39 is 0 Å². The molecule has 4 rings (SSSR count). The van der Waals surface area contributed by atoms with Crippen LogP contribution in [-0.4, -0.2) is 5.78 Å². The summed E-state index contributed by atoms with van der Waals surface area (Å²) in [6.07, 6.45) is 17.0. The minimum absolute atomic E-state index is 0.383. The van der Waals surface area contributed by atoms with Crippen molar-refractivity contribution < 1.29 is 4.79 Å². The fraction of sp³-hybridized carbons (Fsp3) is 0.737. The van der Waals surface area contributed by atoms with Crippen molar-refractivity contribution in [2.45, 2.75) is 58.3 Å². The number of hydrogen-bond acceptors (Lipinski definition) is 1. The maximum absolute atomic E-state index is 11.7. The normalized spacial score (nSPS) is 46.5. The Labute approximate surface area is 122 Å². The lowest BCUT2D eigenvalue weighted by Gasteiger charge is -2.53. The van der Waals surface area contributed by atoms with E-state index in [0.717, 1.165) is 36.5 Å². The maximum atomic E-state index is 11.7. The summed E-state index contributed by atoms with van der Waals surface area (Å²) in [4.78, 5) is 11.7. The highest BCUT2D eigenvalue weighted by Gasteiger charge is 2.51. The van der Waals surface area contributed by atoms with Crippen molar-refractivity contribution >= 4 is 5.78 Å². The van der Waals surface area contributed by atoms with Gasteiger partial charge in [-0.15, -0.1) is 0 Å². The largest absolute Gasteiger partial charge is 0.295 e. The number of carbonyl (C=O) groups excluding carboxylic acids is 1. The van der Waals surface area contributed by atoms with Gasteiger partial charge in [-0.3, -0.25) is 4.79 Å². The Bertz CT molecular complexity index is 486. The summed E-state index contributed by atoms with van der Waals surface area (Å²) in [7, 11) is 0. The lowest BCUT2D eigenvalue weighted by molar-refractivity contribution is -0.116. The first-order valence-electron chi connectivity index (χ1n) is 8.63. The summed E-state index contributed by atoms with van der Waals surface area (Å²) in [5.74, 6) is 3.74. The molecule has 4 aliphatic carbocycles. The van der Waals surface area contributed by atoms with Crippen LogP contribution in [0, 0.1) is 29.1 Å². The molecule has 0 aliphatic heterocycles. The van der Waals surface area contributed by atoms with Gasteiger partial charge >= 0.3 is 0 Å². The van der Waals surface area contributed by atoms with Gasteiger partial charge in [0.15, 0.2) is 5.78 Å². The molecule has 0 aromatic heterocycles. The zero-order chi connectivity index (χ0) is 13.7. The van der Waals surface area contributed by atoms with Crippen molar-refractivity contribution in [1.82, 2.24) is 0 Å². The smallest absolute Gasteiger partial charge is 0.155 e. The quantitative estimate of drug-likeness (QED) is 0.632. The first-order valence-corrected chi connectivity index (χ1v) is 8.63. The van der Waals surface area contributed by atoms with Gasteiger partial charge in [-0.05, 0) is 80.1 Å². The van der Waals surface area contributed by atoms with E-state index in [-0.39, 0.29) is 0 Å². The predicted molar refractivity (Wildman–Crippen MR) is 81.2 cm³/mol. The van der Waals surface area contributed by atoms with Gasteiger partial charge in [-0.2, -0.15) is 0 Å². The van der Waals surface area contributed by atoms with Crippen LogP contribution in [0.15, 0.2) is 23.8 Å². The monoisotopic (exact) mass is 270 g/mol. The van der Waals surface area contributed by atoms with Crippen LogP contribution < -0.4 is 0 Å². The second kappa shape index (κ2) is 4.58. The number of hydrogen-bond donors (Lipinski definition) is 0. The summed E-state index contributed by atoms with van der Waals surface area (Å²) in [6.45, 7) is 2.40. The Morgan fingerprint density at radius 1 is 1.20 bits per heavy atom. The van der Waals surface area contributed by atoms with Crippen LogP contribution in [0.25, 0.3) is 0 Å². The van der Waals surface area contributed by atoms with Crippen LogP contribution in [0.4, 0.5) is 0 Å². The Morgan fingerprint density at radius 2 is 2.10 bits per heavy atom. The van der Waals surface area contributed by atoms with Gasteiger partial charge in [0, 0.05) is 6.42 Å². The molecule has 108 valence electrons. The van der Waals surface area contributed by atoms with E-state index in [1.54, 1.807) is 0 Å². The molecule has 0 saturated heterocycles. The lowest BCUT2D eigenvalue weighted by Crippen LogP contribution is -2.45. The number of fused-ring (bicyclic) bond motifs is 5. The van der Waals surface area contributed by atoms with Gasteiger partial charge in [0.1, 0.15) is 0 Å². The fourth-order valence-corrected chi connectivity index (χ4v) is 5.99. The van der Waals surface area contributed by atoms with Gasteiger partial charge in [0.2, 0.25) is 0 Å². The highest BCUT2D eigenvalue weighted by Crippen LogP contribution is 2.60. The molecule has 20 heavy (non-hydrogen) atoms. The van der Waals surface area contributed by atoms with Gasteiger partial charge in [0.25, 0.3) is 0 Å². The molecular formula is C19H26O. The predicted octanol–water partition coefficient (Wildman–Crippen LogP) is 4.68. The van der Waals surface area contributed by atoms with E-state index in [9.17, 15) is 4.79 Å². The summed E-state index contributed by atoms with van der Waals surface area (Å²) < 4.78 is 0. The molecule has 2 fully saturated rings. The Balaban J connectivity index is 1.64. The molecule has 0 N–H and O–H groups in total.